The van der Waals surface area contributed by atoms with Crippen molar-refractivity contribution < 1.29 is 29.3 Å². The fraction of sp³-hybridized carbons (Fsp3) is 0.156. The van der Waals surface area contributed by atoms with E-state index in [0.29, 0.717) is 82.2 Å². The summed E-state index contributed by atoms with van der Waals surface area (Å²) in [5.41, 5.74) is 11.5. The molecule has 0 fully saturated rings. The van der Waals surface area contributed by atoms with E-state index in [2.05, 4.69) is 0 Å². The summed E-state index contributed by atoms with van der Waals surface area (Å²) in [6.07, 6.45) is 11.5. The molecule has 0 saturated heterocycles. The molecule has 8 bridgehead atoms. The predicted molar refractivity (Wildman–Crippen MR) is 297 cm³/mol. The Morgan fingerprint density at radius 1 is 0.365 bits per heavy atom. The number of phenols is 2. The molecule has 8 aromatic carbocycles. The van der Waals surface area contributed by atoms with Gasteiger partial charge in [-0.1, -0.05) is 121 Å². The van der Waals surface area contributed by atoms with E-state index >= 15 is 0 Å². The van der Waals surface area contributed by atoms with Gasteiger partial charge in [-0.15, -0.1) is 0 Å². The molecule has 0 radical (unpaired) electrons. The van der Waals surface area contributed by atoms with Gasteiger partial charge in [-0.2, -0.15) is 0 Å². The SMILES string of the molecule is O=CCCCOc1c2cc(/N=C/c3ccccc3)cc1Cc1cc(/N=C/c3ccccc3)cc(c1O)Cc1cc(/N=C/c3ccccc3)cc(c1OCCCC=O)Cc1cc(/N=C/c3ccccc3)cc(c1O)C2. The monoisotopic (exact) mass is 976 g/mol. The van der Waals surface area contributed by atoms with Gasteiger partial charge in [0.2, 0.25) is 0 Å². The van der Waals surface area contributed by atoms with Crippen LogP contribution in [0.3, 0.4) is 0 Å². The van der Waals surface area contributed by atoms with Crippen LogP contribution in [0.4, 0.5) is 22.7 Å². The number of aldehydes is 2. The first-order valence-electron chi connectivity index (χ1n) is 24.9. The van der Waals surface area contributed by atoms with Crippen LogP contribution in [-0.2, 0) is 35.3 Å². The number of hydrogen-bond acceptors (Lipinski definition) is 10. The first-order chi connectivity index (χ1) is 36.4. The number of rotatable bonds is 18. The third-order valence-corrected chi connectivity index (χ3v) is 12.6. The van der Waals surface area contributed by atoms with Gasteiger partial charge >= 0.3 is 0 Å². The van der Waals surface area contributed by atoms with E-state index in [0.717, 1.165) is 57.1 Å². The summed E-state index contributed by atoms with van der Waals surface area (Å²) in [5, 5.41) is 25.3. The minimum atomic E-state index is 0.0813. The summed E-state index contributed by atoms with van der Waals surface area (Å²) in [6, 6.07) is 54.8. The molecule has 0 spiro atoms. The molecule has 0 aliphatic heterocycles. The molecule has 10 heteroatoms. The molecule has 0 unspecified atom stereocenters. The van der Waals surface area contributed by atoms with E-state index in [1.165, 1.54) is 0 Å². The zero-order chi connectivity index (χ0) is 50.9. The number of carbonyl (C=O) groups excluding carboxylic acids is 2. The number of aromatic hydroxyl groups is 2. The predicted octanol–water partition coefficient (Wildman–Crippen LogP) is 13.5. The highest BCUT2D eigenvalue weighted by atomic mass is 16.5. The third kappa shape index (κ3) is 13.3. The van der Waals surface area contributed by atoms with Gasteiger partial charge in [-0.05, 0) is 83.6 Å². The molecule has 9 rings (SSSR count). The number of aliphatic imine (C=N–C) groups is 4. The maximum Gasteiger partial charge on any atom is 0.126 e. The Morgan fingerprint density at radius 3 is 0.851 bits per heavy atom. The lowest BCUT2D eigenvalue weighted by Crippen LogP contribution is -2.08. The second-order valence-electron chi connectivity index (χ2n) is 18.1. The van der Waals surface area contributed by atoms with Crippen molar-refractivity contribution in [3.63, 3.8) is 0 Å². The van der Waals surface area contributed by atoms with Crippen molar-refractivity contribution in [1.29, 1.82) is 0 Å². The number of ether oxygens (including phenoxy) is 2. The fourth-order valence-corrected chi connectivity index (χ4v) is 8.94. The Balaban J connectivity index is 1.30. The molecule has 0 saturated carbocycles. The largest absolute Gasteiger partial charge is 0.507 e. The first-order valence-corrected chi connectivity index (χ1v) is 24.9. The van der Waals surface area contributed by atoms with Crippen LogP contribution >= 0.6 is 0 Å². The van der Waals surface area contributed by atoms with E-state index in [9.17, 15) is 19.8 Å². The lowest BCUT2D eigenvalue weighted by atomic mass is 9.90. The van der Waals surface area contributed by atoms with Crippen LogP contribution in [-0.4, -0.2) is 60.9 Å². The number of fused-ring (bicyclic) bond motifs is 8. The Kier molecular flexibility index (Phi) is 16.8. The molecule has 1 aliphatic carbocycles. The summed E-state index contributed by atoms with van der Waals surface area (Å²) >= 11 is 0. The lowest BCUT2D eigenvalue weighted by molar-refractivity contribution is -0.108. The Labute approximate surface area is 431 Å². The average Bonchev–Trinajstić information content (AvgIpc) is 3.43. The van der Waals surface area contributed by atoms with Crippen LogP contribution in [0, 0.1) is 0 Å². The fourth-order valence-electron chi connectivity index (χ4n) is 8.94. The van der Waals surface area contributed by atoms with E-state index in [1.807, 2.05) is 195 Å². The third-order valence-electron chi connectivity index (χ3n) is 12.6. The normalized spacial score (nSPS) is 12.4. The molecule has 0 amide bonds. The topological polar surface area (TPSA) is 142 Å². The van der Waals surface area contributed by atoms with E-state index in [4.69, 9.17) is 29.4 Å². The molecule has 0 atom stereocenters. The van der Waals surface area contributed by atoms with Gasteiger partial charge in [0.05, 0.1) is 36.0 Å². The van der Waals surface area contributed by atoms with Gasteiger partial charge in [0.25, 0.3) is 0 Å². The van der Waals surface area contributed by atoms with Gasteiger partial charge in [0, 0.05) is 108 Å². The highest BCUT2D eigenvalue weighted by molar-refractivity contribution is 5.85. The first kappa shape index (κ1) is 49.9. The van der Waals surface area contributed by atoms with Crippen LogP contribution in [0.25, 0.3) is 0 Å². The molecule has 1 aliphatic rings. The maximum absolute atomic E-state index is 12.6. The Morgan fingerprint density at radius 2 is 0.608 bits per heavy atom. The second-order valence-corrected chi connectivity index (χ2v) is 18.1. The van der Waals surface area contributed by atoms with Crippen molar-refractivity contribution in [2.45, 2.75) is 51.4 Å². The molecule has 2 N–H and O–H groups in total. The van der Waals surface area contributed by atoms with Crippen LogP contribution in [0.15, 0.2) is 190 Å². The smallest absolute Gasteiger partial charge is 0.126 e. The van der Waals surface area contributed by atoms with E-state index in [1.54, 1.807) is 0 Å². The summed E-state index contributed by atoms with van der Waals surface area (Å²) < 4.78 is 13.4. The van der Waals surface area contributed by atoms with Crippen LogP contribution < -0.4 is 9.47 Å². The zero-order valence-corrected chi connectivity index (χ0v) is 41.0. The summed E-state index contributed by atoms with van der Waals surface area (Å²) in [6.45, 7) is 0.504. The van der Waals surface area contributed by atoms with Crippen LogP contribution in [0.1, 0.15) is 92.4 Å². The number of carbonyl (C=O) groups is 2. The molecule has 74 heavy (non-hydrogen) atoms. The second kappa shape index (κ2) is 24.9. The molecule has 0 heterocycles. The van der Waals surface area contributed by atoms with Crippen LogP contribution in [0.2, 0.25) is 0 Å². The molecule has 10 nitrogen and oxygen atoms in total. The van der Waals surface area contributed by atoms with Crippen LogP contribution in [0.5, 0.6) is 23.0 Å². The van der Waals surface area contributed by atoms with E-state index < -0.39 is 0 Å². The van der Waals surface area contributed by atoms with Gasteiger partial charge in [-0.3, -0.25) is 20.0 Å². The number of phenolic OH excluding ortho intramolecular Hbond substituents is 2. The van der Waals surface area contributed by atoms with Crippen molar-refractivity contribution >= 4 is 60.2 Å². The summed E-state index contributed by atoms with van der Waals surface area (Å²) in [5.74, 6) is 1.30. The minimum absolute atomic E-state index is 0.0813. The minimum Gasteiger partial charge on any atom is -0.507 e. The molecule has 368 valence electrons. The van der Waals surface area contributed by atoms with Gasteiger partial charge in [0.15, 0.2) is 0 Å². The lowest BCUT2D eigenvalue weighted by Gasteiger charge is -2.22. The molecular formula is C64H56N4O6. The highest BCUT2D eigenvalue weighted by Crippen LogP contribution is 2.43. The number of nitrogens with zero attached hydrogens (tertiary/aromatic N) is 4. The van der Waals surface area contributed by atoms with Crippen molar-refractivity contribution in [3.8, 4) is 23.0 Å². The standard InChI is InChI=1S/C64H56N4O6/c69-25-13-15-27-73-63-53-29-49-33-57(65-41-45-17-5-1-6-18-45)34-50(61(49)71)30-54-38-60(68-44-48-23-11-4-12-24-48)40-56(64(54)74-28-16-14-26-70)32-52-36-58(66-42-46-19-7-2-8-20-46)35-51(62(52)72)31-55(63)39-59(37-53)67-43-47-21-9-3-10-22-47/h1-12,17-26,33-44,71-72H,13-16,27-32H2/b65-41+,66-42+,67-43+,68-44+. The van der Waals surface area contributed by atoms with Crippen molar-refractivity contribution in [2.75, 3.05) is 13.2 Å². The Hall–Kier alpha value is -9.02. The van der Waals surface area contributed by atoms with E-state index in [-0.39, 0.29) is 50.4 Å². The van der Waals surface area contributed by atoms with Crippen molar-refractivity contribution in [1.82, 2.24) is 0 Å². The number of benzene rings is 8. The Bertz CT molecular complexity index is 3020. The number of hydrogen-bond donors (Lipinski definition) is 2. The molecule has 8 aromatic rings. The van der Waals surface area contributed by atoms with Crippen molar-refractivity contribution in [2.24, 2.45) is 20.0 Å². The van der Waals surface area contributed by atoms with Gasteiger partial charge in [0.1, 0.15) is 35.6 Å². The zero-order valence-electron chi connectivity index (χ0n) is 41.0. The van der Waals surface area contributed by atoms with Crippen molar-refractivity contribution in [3.05, 3.63) is 237 Å². The number of unbranched alkanes of at least 4 members (excludes halogenated alkanes) is 2. The quantitative estimate of drug-likeness (QED) is 0.0498. The molecule has 0 aromatic heterocycles. The van der Waals surface area contributed by atoms with Gasteiger partial charge in [-0.25, -0.2) is 0 Å². The summed E-state index contributed by atoms with van der Waals surface area (Å²) in [4.78, 5) is 43.0. The average molecular weight is 977 g/mol. The highest BCUT2D eigenvalue weighted by Gasteiger charge is 2.23. The summed E-state index contributed by atoms with van der Waals surface area (Å²) in [7, 11) is 0. The maximum atomic E-state index is 12.6. The molecular weight excluding hydrogens is 921 g/mol. The van der Waals surface area contributed by atoms with Gasteiger partial charge < -0.3 is 29.3 Å².